The summed E-state index contributed by atoms with van der Waals surface area (Å²) in [6, 6.07) is 3.07. The van der Waals surface area contributed by atoms with Crippen LogP contribution >= 0.6 is 0 Å². The third-order valence-electron chi connectivity index (χ3n) is 3.88. The Morgan fingerprint density at radius 1 is 1.48 bits per heavy atom. The number of hydrogen-bond acceptors (Lipinski definition) is 4. The van der Waals surface area contributed by atoms with Crippen molar-refractivity contribution in [2.75, 3.05) is 13.7 Å². The quantitative estimate of drug-likeness (QED) is 0.885. The molecule has 1 N–H and O–H groups in total. The molecule has 1 fully saturated rings. The zero-order valence-corrected chi connectivity index (χ0v) is 12.7. The van der Waals surface area contributed by atoms with Gasteiger partial charge in [-0.25, -0.2) is 4.68 Å². The zero-order valence-electron chi connectivity index (χ0n) is 12.7. The third-order valence-corrected chi connectivity index (χ3v) is 3.88. The van der Waals surface area contributed by atoms with Crippen molar-refractivity contribution in [2.45, 2.75) is 45.2 Å². The van der Waals surface area contributed by atoms with Crippen LogP contribution in [0, 0.1) is 5.92 Å². The fraction of sp³-hybridized carbons (Fsp3) is 0.667. The monoisotopic (exact) mass is 293 g/mol. The number of carbonyl (C=O) groups is 1. The molecular weight excluding hydrogens is 270 g/mol. The smallest absolute Gasteiger partial charge is 0.271 e. The van der Waals surface area contributed by atoms with Crippen LogP contribution in [0.5, 0.6) is 0 Å². The lowest BCUT2D eigenvalue weighted by Crippen LogP contribution is -2.39. The maximum Gasteiger partial charge on any atom is 0.271 e. The van der Waals surface area contributed by atoms with Gasteiger partial charge in [0.2, 0.25) is 0 Å². The lowest BCUT2D eigenvalue weighted by atomic mass is 9.87. The van der Waals surface area contributed by atoms with Crippen LogP contribution in [0.4, 0.5) is 0 Å². The SMILES string of the molecule is COCCn1nc(C(=O)N[C@H]2CCC[C@H](C)C2)ccc1=O. The summed E-state index contributed by atoms with van der Waals surface area (Å²) in [4.78, 5) is 23.9. The first-order chi connectivity index (χ1) is 10.1. The summed E-state index contributed by atoms with van der Waals surface area (Å²) in [5, 5.41) is 7.13. The molecule has 1 amide bonds. The molecule has 0 saturated heterocycles. The summed E-state index contributed by atoms with van der Waals surface area (Å²) < 4.78 is 6.20. The highest BCUT2D eigenvalue weighted by atomic mass is 16.5. The molecule has 0 unspecified atom stereocenters. The molecule has 1 aromatic rings. The van der Waals surface area contributed by atoms with E-state index in [1.807, 2.05) is 0 Å². The second-order valence-corrected chi connectivity index (χ2v) is 5.71. The van der Waals surface area contributed by atoms with Gasteiger partial charge in [0.05, 0.1) is 13.2 Å². The Hall–Kier alpha value is -1.69. The van der Waals surface area contributed by atoms with Crippen molar-refractivity contribution >= 4 is 5.91 Å². The number of rotatable bonds is 5. The lowest BCUT2D eigenvalue weighted by molar-refractivity contribution is 0.0912. The highest BCUT2D eigenvalue weighted by Crippen LogP contribution is 2.23. The highest BCUT2D eigenvalue weighted by molar-refractivity contribution is 5.92. The van der Waals surface area contributed by atoms with Crippen LogP contribution in [-0.4, -0.2) is 35.4 Å². The molecule has 0 radical (unpaired) electrons. The van der Waals surface area contributed by atoms with Crippen molar-refractivity contribution in [3.63, 3.8) is 0 Å². The number of ether oxygens (including phenoxy) is 1. The van der Waals surface area contributed by atoms with Crippen LogP contribution < -0.4 is 10.9 Å². The number of methoxy groups -OCH3 is 1. The highest BCUT2D eigenvalue weighted by Gasteiger charge is 2.21. The average molecular weight is 293 g/mol. The molecular formula is C15H23N3O3. The van der Waals surface area contributed by atoms with Gasteiger partial charge in [-0.3, -0.25) is 9.59 Å². The molecule has 0 spiro atoms. The van der Waals surface area contributed by atoms with Gasteiger partial charge in [-0.1, -0.05) is 19.8 Å². The van der Waals surface area contributed by atoms with E-state index in [1.54, 1.807) is 7.11 Å². The van der Waals surface area contributed by atoms with E-state index in [2.05, 4.69) is 17.3 Å². The molecule has 1 saturated carbocycles. The van der Waals surface area contributed by atoms with Gasteiger partial charge in [-0.15, -0.1) is 0 Å². The van der Waals surface area contributed by atoms with E-state index in [1.165, 1.54) is 23.2 Å². The number of amides is 1. The van der Waals surface area contributed by atoms with Crippen molar-refractivity contribution in [3.05, 3.63) is 28.2 Å². The summed E-state index contributed by atoms with van der Waals surface area (Å²) in [5.74, 6) is 0.438. The number of hydrogen-bond donors (Lipinski definition) is 1. The molecule has 0 bridgehead atoms. The zero-order chi connectivity index (χ0) is 15.2. The Morgan fingerprint density at radius 3 is 3.00 bits per heavy atom. The van der Waals surface area contributed by atoms with Gasteiger partial charge >= 0.3 is 0 Å². The molecule has 21 heavy (non-hydrogen) atoms. The molecule has 1 aliphatic carbocycles. The summed E-state index contributed by atoms with van der Waals surface area (Å²) in [6.45, 7) is 2.94. The Morgan fingerprint density at radius 2 is 2.29 bits per heavy atom. The van der Waals surface area contributed by atoms with E-state index in [0.29, 0.717) is 19.1 Å². The van der Waals surface area contributed by atoms with Gasteiger partial charge in [-0.2, -0.15) is 5.10 Å². The second-order valence-electron chi connectivity index (χ2n) is 5.71. The fourth-order valence-electron chi connectivity index (χ4n) is 2.73. The maximum atomic E-state index is 12.2. The number of nitrogens with one attached hydrogen (secondary N) is 1. The second kappa shape index (κ2) is 7.36. The largest absolute Gasteiger partial charge is 0.383 e. The van der Waals surface area contributed by atoms with Crippen LogP contribution in [0.3, 0.4) is 0 Å². The van der Waals surface area contributed by atoms with Crippen molar-refractivity contribution in [1.82, 2.24) is 15.1 Å². The molecule has 2 rings (SSSR count). The first-order valence-electron chi connectivity index (χ1n) is 7.48. The minimum absolute atomic E-state index is 0.208. The third kappa shape index (κ3) is 4.39. The Bertz CT molecular complexity index is 541. The summed E-state index contributed by atoms with van der Waals surface area (Å²) >= 11 is 0. The standard InChI is InChI=1S/C15H23N3O3/c1-11-4-3-5-12(10-11)16-15(20)13-6-7-14(19)18(17-13)8-9-21-2/h6-7,11-12H,3-5,8-10H2,1-2H3,(H,16,20)/t11-,12-/m0/s1. The Labute approximate surface area is 124 Å². The van der Waals surface area contributed by atoms with E-state index in [9.17, 15) is 9.59 Å². The molecule has 2 atom stereocenters. The first-order valence-corrected chi connectivity index (χ1v) is 7.48. The minimum Gasteiger partial charge on any atom is -0.383 e. The van der Waals surface area contributed by atoms with Crippen LogP contribution in [0.25, 0.3) is 0 Å². The lowest BCUT2D eigenvalue weighted by Gasteiger charge is -2.27. The van der Waals surface area contributed by atoms with Crippen LogP contribution in [0.15, 0.2) is 16.9 Å². The fourth-order valence-corrected chi connectivity index (χ4v) is 2.73. The Balaban J connectivity index is 2.03. The number of aromatic nitrogens is 2. The molecule has 6 heteroatoms. The average Bonchev–Trinajstić information content (AvgIpc) is 2.46. The molecule has 1 aromatic heterocycles. The summed E-state index contributed by atoms with van der Waals surface area (Å²) in [6.07, 6.45) is 4.40. The van der Waals surface area contributed by atoms with E-state index in [0.717, 1.165) is 19.3 Å². The van der Waals surface area contributed by atoms with Crippen LogP contribution in [0.2, 0.25) is 0 Å². The Kier molecular flexibility index (Phi) is 5.50. The van der Waals surface area contributed by atoms with Gasteiger partial charge in [0.15, 0.2) is 0 Å². The van der Waals surface area contributed by atoms with Crippen molar-refractivity contribution < 1.29 is 9.53 Å². The molecule has 6 nitrogen and oxygen atoms in total. The maximum absolute atomic E-state index is 12.2. The van der Waals surface area contributed by atoms with Gasteiger partial charge < -0.3 is 10.1 Å². The topological polar surface area (TPSA) is 73.2 Å². The predicted octanol–water partition coefficient (Wildman–Crippen LogP) is 1.20. The van der Waals surface area contributed by atoms with Gasteiger partial charge in [0, 0.05) is 19.2 Å². The predicted molar refractivity (Wildman–Crippen MR) is 79.3 cm³/mol. The van der Waals surface area contributed by atoms with Crippen LogP contribution in [0.1, 0.15) is 43.1 Å². The molecule has 1 aliphatic rings. The van der Waals surface area contributed by atoms with E-state index >= 15 is 0 Å². The molecule has 0 aromatic carbocycles. The van der Waals surface area contributed by atoms with Crippen molar-refractivity contribution in [1.29, 1.82) is 0 Å². The van der Waals surface area contributed by atoms with E-state index < -0.39 is 0 Å². The number of carbonyl (C=O) groups excluding carboxylic acids is 1. The molecule has 116 valence electrons. The van der Waals surface area contributed by atoms with E-state index in [4.69, 9.17) is 4.74 Å². The van der Waals surface area contributed by atoms with Crippen molar-refractivity contribution in [2.24, 2.45) is 5.92 Å². The van der Waals surface area contributed by atoms with E-state index in [-0.39, 0.29) is 23.2 Å². The van der Waals surface area contributed by atoms with Gasteiger partial charge in [0.25, 0.3) is 11.5 Å². The van der Waals surface area contributed by atoms with Gasteiger partial charge in [0.1, 0.15) is 5.69 Å². The molecule has 1 heterocycles. The van der Waals surface area contributed by atoms with Crippen molar-refractivity contribution in [3.8, 4) is 0 Å². The minimum atomic E-state index is -0.227. The summed E-state index contributed by atoms with van der Waals surface area (Å²) in [5.41, 5.74) is 0.0545. The number of nitrogens with zero attached hydrogens (tertiary/aromatic N) is 2. The summed E-state index contributed by atoms with van der Waals surface area (Å²) in [7, 11) is 1.56. The normalized spacial score (nSPS) is 22.0. The first kappa shape index (κ1) is 15.7. The molecule has 0 aliphatic heterocycles. The van der Waals surface area contributed by atoms with Crippen LogP contribution in [-0.2, 0) is 11.3 Å². The van der Waals surface area contributed by atoms with Gasteiger partial charge in [-0.05, 0) is 24.8 Å².